The molecule has 4 heteroatoms. The maximum absolute atomic E-state index is 13.2. The van der Waals surface area contributed by atoms with Gasteiger partial charge >= 0.3 is 0 Å². The Morgan fingerprint density at radius 3 is 2.34 bits per heavy atom. The third-order valence-electron chi connectivity index (χ3n) is 4.94. The summed E-state index contributed by atoms with van der Waals surface area (Å²) in [6, 6.07) is 32.1. The molecular formula is C25H18N2OS. The van der Waals surface area contributed by atoms with Crippen molar-refractivity contribution in [1.82, 2.24) is 9.55 Å². The van der Waals surface area contributed by atoms with Gasteiger partial charge in [-0.2, -0.15) is 0 Å². The van der Waals surface area contributed by atoms with E-state index in [2.05, 4.69) is 36.4 Å². The molecule has 0 bridgehead atoms. The zero-order valence-corrected chi connectivity index (χ0v) is 16.5. The van der Waals surface area contributed by atoms with Gasteiger partial charge in [-0.1, -0.05) is 84.6 Å². The molecule has 0 aliphatic carbocycles. The van der Waals surface area contributed by atoms with Gasteiger partial charge in [0.05, 0.1) is 16.6 Å². The van der Waals surface area contributed by atoms with Crippen molar-refractivity contribution in [3.05, 3.63) is 113 Å². The molecular weight excluding hydrogens is 376 g/mol. The zero-order valence-electron chi connectivity index (χ0n) is 15.7. The highest BCUT2D eigenvalue weighted by Gasteiger charge is 2.13. The van der Waals surface area contributed by atoms with E-state index in [1.54, 1.807) is 16.3 Å². The molecule has 0 spiro atoms. The summed E-state index contributed by atoms with van der Waals surface area (Å²) in [7, 11) is 0. The molecule has 0 N–H and O–H groups in total. The molecule has 0 atom stereocenters. The Morgan fingerprint density at radius 2 is 1.48 bits per heavy atom. The van der Waals surface area contributed by atoms with Crippen LogP contribution in [0.3, 0.4) is 0 Å². The molecule has 5 aromatic rings. The van der Waals surface area contributed by atoms with Crippen molar-refractivity contribution in [2.45, 2.75) is 10.9 Å². The van der Waals surface area contributed by atoms with Crippen LogP contribution in [-0.2, 0) is 5.75 Å². The molecule has 1 aromatic heterocycles. The Bertz CT molecular complexity index is 1380. The van der Waals surface area contributed by atoms with Gasteiger partial charge in [0, 0.05) is 5.75 Å². The third kappa shape index (κ3) is 3.43. The predicted octanol–water partition coefficient (Wildman–Crippen LogP) is 5.83. The standard InChI is InChI=1S/C25H18N2OS/c28-24-22-12-6-7-13-23(22)26-25(27(24)21-10-2-1-3-11-21)29-17-18-14-15-19-8-4-5-9-20(19)16-18/h1-16H,17H2. The van der Waals surface area contributed by atoms with E-state index in [0.29, 0.717) is 10.5 Å². The molecule has 0 amide bonds. The van der Waals surface area contributed by atoms with Crippen LogP contribution in [0.25, 0.3) is 27.4 Å². The van der Waals surface area contributed by atoms with Crippen molar-refractivity contribution in [3.63, 3.8) is 0 Å². The molecule has 0 aliphatic rings. The topological polar surface area (TPSA) is 34.9 Å². The Hall–Kier alpha value is -3.37. The lowest BCUT2D eigenvalue weighted by Crippen LogP contribution is -2.21. The second kappa shape index (κ2) is 7.57. The number of thioether (sulfide) groups is 1. The van der Waals surface area contributed by atoms with Crippen molar-refractivity contribution in [2.75, 3.05) is 0 Å². The fraction of sp³-hybridized carbons (Fsp3) is 0.0400. The van der Waals surface area contributed by atoms with E-state index >= 15 is 0 Å². The molecule has 5 rings (SSSR count). The molecule has 4 aromatic carbocycles. The summed E-state index contributed by atoms with van der Waals surface area (Å²) < 4.78 is 1.72. The van der Waals surface area contributed by atoms with Crippen LogP contribution in [0.15, 0.2) is 107 Å². The number of hydrogen-bond acceptors (Lipinski definition) is 3. The largest absolute Gasteiger partial charge is 0.268 e. The third-order valence-corrected chi connectivity index (χ3v) is 5.95. The molecule has 29 heavy (non-hydrogen) atoms. The first kappa shape index (κ1) is 17.7. The van der Waals surface area contributed by atoms with Crippen molar-refractivity contribution in [2.24, 2.45) is 0 Å². The number of hydrogen-bond donors (Lipinski definition) is 0. The van der Waals surface area contributed by atoms with E-state index < -0.39 is 0 Å². The summed E-state index contributed by atoms with van der Waals surface area (Å²) in [5, 5.41) is 3.78. The van der Waals surface area contributed by atoms with Crippen LogP contribution in [0.4, 0.5) is 0 Å². The highest BCUT2D eigenvalue weighted by molar-refractivity contribution is 7.98. The van der Waals surface area contributed by atoms with Gasteiger partial charge in [-0.3, -0.25) is 9.36 Å². The normalized spacial score (nSPS) is 11.2. The summed E-state index contributed by atoms with van der Waals surface area (Å²) in [6.07, 6.45) is 0. The van der Waals surface area contributed by atoms with E-state index in [1.165, 1.54) is 16.3 Å². The Balaban J connectivity index is 1.58. The van der Waals surface area contributed by atoms with Gasteiger partial charge in [0.15, 0.2) is 5.16 Å². The van der Waals surface area contributed by atoms with Gasteiger partial charge in [0.2, 0.25) is 0 Å². The van der Waals surface area contributed by atoms with Crippen molar-refractivity contribution in [3.8, 4) is 5.69 Å². The molecule has 0 aliphatic heterocycles. The number of fused-ring (bicyclic) bond motifs is 2. The van der Waals surface area contributed by atoms with Crippen molar-refractivity contribution < 1.29 is 0 Å². The van der Waals surface area contributed by atoms with E-state index in [-0.39, 0.29) is 5.56 Å². The first-order valence-corrected chi connectivity index (χ1v) is 10.5. The minimum atomic E-state index is -0.0391. The van der Waals surface area contributed by atoms with Crippen LogP contribution in [0.2, 0.25) is 0 Å². The van der Waals surface area contributed by atoms with Gasteiger partial charge in [0.25, 0.3) is 5.56 Å². The zero-order chi connectivity index (χ0) is 19.6. The SMILES string of the molecule is O=c1c2ccccc2nc(SCc2ccc3ccccc3c2)n1-c1ccccc1. The van der Waals surface area contributed by atoms with E-state index in [0.717, 1.165) is 17.0 Å². The highest BCUT2D eigenvalue weighted by Crippen LogP contribution is 2.26. The van der Waals surface area contributed by atoms with Crippen molar-refractivity contribution >= 4 is 33.4 Å². The number of nitrogens with zero attached hydrogens (tertiary/aromatic N) is 2. The number of benzene rings is 4. The molecule has 0 radical (unpaired) electrons. The Morgan fingerprint density at radius 1 is 0.759 bits per heavy atom. The van der Waals surface area contributed by atoms with Gasteiger partial charge < -0.3 is 0 Å². The highest BCUT2D eigenvalue weighted by atomic mass is 32.2. The number of rotatable bonds is 4. The minimum Gasteiger partial charge on any atom is -0.268 e. The average molecular weight is 394 g/mol. The molecule has 0 saturated carbocycles. The molecule has 1 heterocycles. The Kier molecular flexibility index (Phi) is 4.62. The number of para-hydroxylation sites is 2. The molecule has 0 unspecified atom stereocenters. The fourth-order valence-corrected chi connectivity index (χ4v) is 4.45. The second-order valence-corrected chi connectivity index (χ2v) is 7.80. The van der Waals surface area contributed by atoms with Gasteiger partial charge in [-0.25, -0.2) is 4.98 Å². The van der Waals surface area contributed by atoms with Gasteiger partial charge in [-0.15, -0.1) is 0 Å². The fourth-order valence-electron chi connectivity index (χ4n) is 3.49. The van der Waals surface area contributed by atoms with Crippen LogP contribution in [0.5, 0.6) is 0 Å². The maximum Gasteiger partial charge on any atom is 0.266 e. The van der Waals surface area contributed by atoms with Gasteiger partial charge in [-0.05, 0) is 40.6 Å². The van der Waals surface area contributed by atoms with Gasteiger partial charge in [0.1, 0.15) is 0 Å². The molecule has 3 nitrogen and oxygen atoms in total. The van der Waals surface area contributed by atoms with Crippen LogP contribution in [-0.4, -0.2) is 9.55 Å². The van der Waals surface area contributed by atoms with Crippen LogP contribution >= 0.6 is 11.8 Å². The first-order valence-electron chi connectivity index (χ1n) is 9.47. The lowest BCUT2D eigenvalue weighted by atomic mass is 10.1. The lowest BCUT2D eigenvalue weighted by Gasteiger charge is -2.13. The second-order valence-electron chi connectivity index (χ2n) is 6.86. The first-order chi connectivity index (χ1) is 14.3. The van der Waals surface area contributed by atoms with Crippen LogP contribution in [0.1, 0.15) is 5.56 Å². The van der Waals surface area contributed by atoms with E-state index in [1.807, 2.05) is 60.7 Å². The van der Waals surface area contributed by atoms with Crippen molar-refractivity contribution in [1.29, 1.82) is 0 Å². The number of aromatic nitrogens is 2. The molecule has 0 fully saturated rings. The Labute approximate surface area is 172 Å². The smallest absolute Gasteiger partial charge is 0.266 e. The monoisotopic (exact) mass is 394 g/mol. The predicted molar refractivity (Wildman–Crippen MR) is 121 cm³/mol. The summed E-state index contributed by atoms with van der Waals surface area (Å²) in [5.74, 6) is 0.739. The lowest BCUT2D eigenvalue weighted by molar-refractivity contribution is 0.819. The average Bonchev–Trinajstić information content (AvgIpc) is 2.78. The van der Waals surface area contributed by atoms with Crippen LogP contribution < -0.4 is 5.56 Å². The van der Waals surface area contributed by atoms with E-state index in [9.17, 15) is 4.79 Å². The van der Waals surface area contributed by atoms with Crippen LogP contribution in [0, 0.1) is 0 Å². The molecule has 140 valence electrons. The minimum absolute atomic E-state index is 0.0391. The summed E-state index contributed by atoms with van der Waals surface area (Å²) in [4.78, 5) is 18.1. The quantitative estimate of drug-likeness (QED) is 0.284. The molecule has 0 saturated heterocycles. The maximum atomic E-state index is 13.2. The summed E-state index contributed by atoms with van der Waals surface area (Å²) in [5.41, 5.74) is 2.72. The summed E-state index contributed by atoms with van der Waals surface area (Å²) >= 11 is 1.58. The van der Waals surface area contributed by atoms with E-state index in [4.69, 9.17) is 4.98 Å². The summed E-state index contributed by atoms with van der Waals surface area (Å²) in [6.45, 7) is 0.